The lowest BCUT2D eigenvalue weighted by Crippen LogP contribution is -2.52. The number of H-pyrrole nitrogens is 1. The lowest BCUT2D eigenvalue weighted by Gasteiger charge is -2.37. The van der Waals surface area contributed by atoms with Crippen LogP contribution < -0.4 is 15.0 Å². The molecule has 2 aromatic carbocycles. The molecule has 0 spiro atoms. The molecule has 1 aliphatic heterocycles. The van der Waals surface area contributed by atoms with E-state index in [2.05, 4.69) is 59.6 Å². The van der Waals surface area contributed by atoms with Crippen molar-refractivity contribution in [2.24, 2.45) is 4.99 Å². The van der Waals surface area contributed by atoms with E-state index in [-0.39, 0.29) is 24.0 Å². The van der Waals surface area contributed by atoms with Crippen LogP contribution in [-0.4, -0.2) is 66.4 Å². The van der Waals surface area contributed by atoms with Gasteiger partial charge in [0.15, 0.2) is 11.8 Å². The van der Waals surface area contributed by atoms with Crippen LogP contribution in [0.1, 0.15) is 5.56 Å². The third-order valence-electron chi connectivity index (χ3n) is 5.28. The fourth-order valence-corrected chi connectivity index (χ4v) is 3.67. The van der Waals surface area contributed by atoms with Gasteiger partial charge in [0.1, 0.15) is 12.1 Å². The standard InChI is InChI=1S/C22H27N7O.HI/c1-23-22(24-15-17-5-3-6-18(13-17)21-25-16-26-27-21)29-11-9-28(10-12-29)19-7-4-8-20(14-19)30-2;/h3-8,13-14,16H,9-12,15H2,1-2H3,(H,23,24)(H,25,26,27);1H. The fraction of sp³-hybridized carbons (Fsp3) is 0.318. The quantitative estimate of drug-likeness (QED) is 0.298. The maximum absolute atomic E-state index is 5.35. The third kappa shape index (κ3) is 5.66. The summed E-state index contributed by atoms with van der Waals surface area (Å²) < 4.78 is 5.35. The number of guanidine groups is 1. The van der Waals surface area contributed by atoms with Gasteiger partial charge in [-0.1, -0.05) is 24.3 Å². The second kappa shape index (κ2) is 11.0. The number of piperazine rings is 1. The SMILES string of the molecule is CN=C(NCc1cccc(-c2ncn[nH]2)c1)N1CCN(c2cccc(OC)c2)CC1.I. The molecule has 1 aromatic heterocycles. The van der Waals surface area contributed by atoms with Crippen LogP contribution in [-0.2, 0) is 6.54 Å². The van der Waals surface area contributed by atoms with Crippen molar-refractivity contribution >= 4 is 35.6 Å². The Balaban J connectivity index is 0.00000272. The number of anilines is 1. The van der Waals surface area contributed by atoms with E-state index in [1.54, 1.807) is 7.11 Å². The second-order valence-electron chi connectivity index (χ2n) is 7.11. The summed E-state index contributed by atoms with van der Waals surface area (Å²) in [5.74, 6) is 2.58. The summed E-state index contributed by atoms with van der Waals surface area (Å²) in [6, 6.07) is 16.5. The van der Waals surface area contributed by atoms with Gasteiger partial charge in [0, 0.05) is 57.1 Å². The van der Waals surface area contributed by atoms with Crippen molar-refractivity contribution in [3.05, 3.63) is 60.4 Å². The largest absolute Gasteiger partial charge is 0.497 e. The van der Waals surface area contributed by atoms with Gasteiger partial charge in [-0.2, -0.15) is 5.10 Å². The molecule has 0 amide bonds. The minimum absolute atomic E-state index is 0. The van der Waals surface area contributed by atoms with Crippen LogP contribution in [0.4, 0.5) is 5.69 Å². The Morgan fingerprint density at radius 1 is 1.13 bits per heavy atom. The first-order valence-electron chi connectivity index (χ1n) is 10.1. The van der Waals surface area contributed by atoms with E-state index < -0.39 is 0 Å². The average Bonchev–Trinajstić information content (AvgIpc) is 3.35. The molecule has 2 heterocycles. The normalized spacial score (nSPS) is 14.2. The predicted molar refractivity (Wildman–Crippen MR) is 134 cm³/mol. The molecule has 0 bridgehead atoms. The highest BCUT2D eigenvalue weighted by Gasteiger charge is 2.20. The molecule has 0 radical (unpaired) electrons. The minimum atomic E-state index is 0. The molecule has 1 fully saturated rings. The molecule has 4 rings (SSSR count). The molecule has 1 saturated heterocycles. The number of ether oxygens (including phenoxy) is 1. The van der Waals surface area contributed by atoms with Crippen molar-refractivity contribution < 1.29 is 4.74 Å². The van der Waals surface area contributed by atoms with Gasteiger partial charge in [-0.15, -0.1) is 24.0 Å². The van der Waals surface area contributed by atoms with Crippen molar-refractivity contribution in [3.8, 4) is 17.1 Å². The number of hydrogen-bond acceptors (Lipinski definition) is 5. The van der Waals surface area contributed by atoms with Crippen LogP contribution in [0, 0.1) is 0 Å². The average molecular weight is 533 g/mol. The summed E-state index contributed by atoms with van der Waals surface area (Å²) >= 11 is 0. The van der Waals surface area contributed by atoms with Crippen LogP contribution in [0.5, 0.6) is 5.75 Å². The van der Waals surface area contributed by atoms with Crippen molar-refractivity contribution in [3.63, 3.8) is 0 Å². The number of aromatic nitrogens is 3. The van der Waals surface area contributed by atoms with Crippen LogP contribution >= 0.6 is 24.0 Å². The lowest BCUT2D eigenvalue weighted by atomic mass is 10.1. The Labute approximate surface area is 199 Å². The predicted octanol–water partition coefficient (Wildman–Crippen LogP) is 3.00. The maximum atomic E-state index is 5.35. The summed E-state index contributed by atoms with van der Waals surface area (Å²) in [5, 5.41) is 10.3. The van der Waals surface area contributed by atoms with Gasteiger partial charge in [0.05, 0.1) is 7.11 Å². The fourth-order valence-electron chi connectivity index (χ4n) is 3.67. The monoisotopic (exact) mass is 533 g/mol. The van der Waals surface area contributed by atoms with Gasteiger partial charge in [-0.05, 0) is 23.8 Å². The summed E-state index contributed by atoms with van der Waals surface area (Å²) in [5.41, 5.74) is 3.38. The molecule has 164 valence electrons. The number of aliphatic imine (C=N–C) groups is 1. The first kappa shape index (κ1) is 22.9. The zero-order chi connectivity index (χ0) is 20.8. The number of hydrogen-bond donors (Lipinski definition) is 2. The Morgan fingerprint density at radius 3 is 2.65 bits per heavy atom. The Bertz CT molecular complexity index is 985. The van der Waals surface area contributed by atoms with E-state index in [9.17, 15) is 0 Å². The van der Waals surface area contributed by atoms with Crippen LogP contribution in [0.15, 0.2) is 59.9 Å². The first-order valence-corrected chi connectivity index (χ1v) is 10.1. The van der Waals surface area contributed by atoms with Gasteiger partial charge < -0.3 is 19.9 Å². The summed E-state index contributed by atoms with van der Waals surface area (Å²) in [6.07, 6.45) is 1.52. The van der Waals surface area contributed by atoms with Gasteiger partial charge in [0.2, 0.25) is 0 Å². The van der Waals surface area contributed by atoms with Gasteiger partial charge in [0.25, 0.3) is 0 Å². The van der Waals surface area contributed by atoms with E-state index in [4.69, 9.17) is 4.74 Å². The highest BCUT2D eigenvalue weighted by atomic mass is 127. The molecule has 0 aliphatic carbocycles. The Morgan fingerprint density at radius 2 is 1.94 bits per heavy atom. The van der Waals surface area contributed by atoms with Crippen molar-refractivity contribution in [2.45, 2.75) is 6.54 Å². The number of methoxy groups -OCH3 is 1. The third-order valence-corrected chi connectivity index (χ3v) is 5.28. The number of rotatable bonds is 5. The smallest absolute Gasteiger partial charge is 0.194 e. The molecule has 0 unspecified atom stereocenters. The number of aromatic amines is 1. The molecule has 31 heavy (non-hydrogen) atoms. The van der Waals surface area contributed by atoms with Crippen LogP contribution in [0.3, 0.4) is 0 Å². The number of nitrogens with one attached hydrogen (secondary N) is 2. The Kier molecular flexibility index (Phi) is 8.10. The number of nitrogens with zero attached hydrogens (tertiary/aromatic N) is 5. The topological polar surface area (TPSA) is 81.7 Å². The highest BCUT2D eigenvalue weighted by molar-refractivity contribution is 14.0. The summed E-state index contributed by atoms with van der Waals surface area (Å²) in [7, 11) is 3.54. The van der Waals surface area contributed by atoms with Crippen molar-refractivity contribution in [2.75, 3.05) is 45.2 Å². The molecule has 3 aromatic rings. The zero-order valence-electron chi connectivity index (χ0n) is 17.8. The minimum Gasteiger partial charge on any atom is -0.497 e. The molecule has 0 saturated carbocycles. The van der Waals surface area contributed by atoms with E-state index in [1.807, 2.05) is 31.3 Å². The van der Waals surface area contributed by atoms with Crippen molar-refractivity contribution in [1.82, 2.24) is 25.4 Å². The molecule has 8 nitrogen and oxygen atoms in total. The second-order valence-corrected chi connectivity index (χ2v) is 7.11. The van der Waals surface area contributed by atoms with Crippen LogP contribution in [0.2, 0.25) is 0 Å². The first-order chi connectivity index (χ1) is 14.8. The van der Waals surface area contributed by atoms with Gasteiger partial charge in [-0.25, -0.2) is 4.98 Å². The van der Waals surface area contributed by atoms with E-state index in [1.165, 1.54) is 17.6 Å². The van der Waals surface area contributed by atoms with Gasteiger partial charge in [-0.3, -0.25) is 10.1 Å². The highest BCUT2D eigenvalue weighted by Crippen LogP contribution is 2.22. The summed E-state index contributed by atoms with van der Waals surface area (Å²) in [6.45, 7) is 4.40. The Hall–Kier alpha value is -2.82. The maximum Gasteiger partial charge on any atom is 0.194 e. The summed E-state index contributed by atoms with van der Waals surface area (Å²) in [4.78, 5) is 13.4. The zero-order valence-corrected chi connectivity index (χ0v) is 20.1. The van der Waals surface area contributed by atoms with Gasteiger partial charge >= 0.3 is 0 Å². The van der Waals surface area contributed by atoms with E-state index >= 15 is 0 Å². The van der Waals surface area contributed by atoms with E-state index in [0.717, 1.165) is 49.3 Å². The molecular weight excluding hydrogens is 505 g/mol. The lowest BCUT2D eigenvalue weighted by molar-refractivity contribution is 0.372. The molecule has 1 aliphatic rings. The molecular formula is C22H28IN7O. The molecule has 2 N–H and O–H groups in total. The van der Waals surface area contributed by atoms with Crippen molar-refractivity contribution in [1.29, 1.82) is 0 Å². The van der Waals surface area contributed by atoms with Crippen LogP contribution in [0.25, 0.3) is 11.4 Å². The molecule has 9 heteroatoms. The van der Waals surface area contributed by atoms with E-state index in [0.29, 0.717) is 6.54 Å². The molecule has 0 atom stereocenters. The number of halogens is 1. The number of benzene rings is 2.